The first-order valence-corrected chi connectivity index (χ1v) is 7.72. The number of fused-ring (bicyclic) bond motifs is 2. The van der Waals surface area contributed by atoms with E-state index in [-0.39, 0.29) is 0 Å². The number of nitrogens with zero attached hydrogens (tertiary/aromatic N) is 6. The lowest BCUT2D eigenvalue weighted by Crippen LogP contribution is -2.07. The van der Waals surface area contributed by atoms with E-state index < -0.39 is 0 Å². The Morgan fingerprint density at radius 2 is 2.13 bits per heavy atom. The van der Waals surface area contributed by atoms with Crippen molar-refractivity contribution in [1.29, 1.82) is 0 Å². The van der Waals surface area contributed by atoms with E-state index in [2.05, 4.69) is 25.5 Å². The molecule has 4 rings (SSSR count). The van der Waals surface area contributed by atoms with E-state index >= 15 is 0 Å². The van der Waals surface area contributed by atoms with Gasteiger partial charge in [0.05, 0.1) is 6.20 Å². The summed E-state index contributed by atoms with van der Waals surface area (Å²) in [7, 11) is 2.02. The monoisotopic (exact) mass is 325 g/mol. The zero-order valence-electron chi connectivity index (χ0n) is 12.2. The standard InChI is InChI=1S/C13H12BN7OS/c1-22-14-16-9-8-21-10(15-9)5-6-12(19-21)23-13-18-17-11-4-2-3-7-20(11)13/h2-8,14,16H,1H3. The van der Waals surface area contributed by atoms with Gasteiger partial charge in [-0.3, -0.25) is 4.40 Å². The number of rotatable bonds is 5. The number of imidazole rings is 1. The largest absolute Gasteiger partial charge is 0.422 e. The van der Waals surface area contributed by atoms with E-state index in [4.69, 9.17) is 4.65 Å². The third-order valence-electron chi connectivity index (χ3n) is 3.17. The van der Waals surface area contributed by atoms with Gasteiger partial charge < -0.3 is 9.88 Å². The first-order valence-electron chi connectivity index (χ1n) is 6.90. The molecule has 0 saturated carbocycles. The molecule has 114 valence electrons. The minimum Gasteiger partial charge on any atom is -0.422 e. The highest BCUT2D eigenvalue weighted by Crippen LogP contribution is 2.25. The second-order valence-electron chi connectivity index (χ2n) is 4.72. The molecular weight excluding hydrogens is 313 g/mol. The van der Waals surface area contributed by atoms with Gasteiger partial charge in [-0.1, -0.05) is 6.07 Å². The normalized spacial score (nSPS) is 11.2. The Balaban J connectivity index is 1.63. The zero-order chi connectivity index (χ0) is 15.6. The van der Waals surface area contributed by atoms with E-state index in [1.54, 1.807) is 11.6 Å². The fourth-order valence-electron chi connectivity index (χ4n) is 2.13. The molecule has 23 heavy (non-hydrogen) atoms. The molecule has 0 unspecified atom stereocenters. The second-order valence-corrected chi connectivity index (χ2v) is 5.71. The highest BCUT2D eigenvalue weighted by Gasteiger charge is 2.09. The van der Waals surface area contributed by atoms with Crippen LogP contribution in [0.4, 0.5) is 5.82 Å². The lowest BCUT2D eigenvalue weighted by molar-refractivity contribution is 0.446. The quantitative estimate of drug-likeness (QED) is 0.553. The SMILES string of the molecule is COBNc1cn2nc(Sc3nnc4ccccn34)ccc2n1. The minimum absolute atomic E-state index is 0.400. The van der Waals surface area contributed by atoms with Gasteiger partial charge in [0.15, 0.2) is 11.3 Å². The van der Waals surface area contributed by atoms with Gasteiger partial charge in [0.2, 0.25) is 5.16 Å². The van der Waals surface area contributed by atoms with Gasteiger partial charge in [-0.15, -0.1) is 10.2 Å². The van der Waals surface area contributed by atoms with Gasteiger partial charge in [-0.25, -0.2) is 9.50 Å². The summed E-state index contributed by atoms with van der Waals surface area (Å²) in [6.07, 6.45) is 3.75. The maximum absolute atomic E-state index is 4.97. The van der Waals surface area contributed by atoms with Crippen molar-refractivity contribution >= 4 is 36.5 Å². The Kier molecular flexibility index (Phi) is 3.60. The van der Waals surface area contributed by atoms with Crippen molar-refractivity contribution in [3.8, 4) is 0 Å². The third-order valence-corrected chi connectivity index (χ3v) is 4.06. The minimum atomic E-state index is 0.400. The Morgan fingerprint density at radius 3 is 3.04 bits per heavy atom. The van der Waals surface area contributed by atoms with Gasteiger partial charge in [0, 0.05) is 13.3 Å². The summed E-state index contributed by atoms with van der Waals surface area (Å²) in [6.45, 7) is 0. The molecule has 0 saturated heterocycles. The summed E-state index contributed by atoms with van der Waals surface area (Å²) < 4.78 is 8.63. The average Bonchev–Trinajstić information content (AvgIpc) is 3.17. The van der Waals surface area contributed by atoms with Crippen LogP contribution >= 0.6 is 11.8 Å². The maximum atomic E-state index is 4.97. The number of hydrogen-bond acceptors (Lipinski definition) is 7. The molecular formula is C13H12BN7OS. The van der Waals surface area contributed by atoms with Crippen molar-refractivity contribution in [2.24, 2.45) is 0 Å². The molecule has 8 nitrogen and oxygen atoms in total. The molecule has 0 aliphatic carbocycles. The highest BCUT2D eigenvalue weighted by molar-refractivity contribution is 7.99. The van der Waals surface area contributed by atoms with Crippen molar-refractivity contribution in [1.82, 2.24) is 29.2 Å². The van der Waals surface area contributed by atoms with E-state index in [1.165, 1.54) is 11.8 Å². The molecule has 1 N–H and O–H groups in total. The van der Waals surface area contributed by atoms with Crippen LogP contribution in [-0.4, -0.2) is 43.9 Å². The van der Waals surface area contributed by atoms with E-state index in [9.17, 15) is 0 Å². The van der Waals surface area contributed by atoms with Gasteiger partial charge in [0.25, 0.3) is 0 Å². The van der Waals surface area contributed by atoms with Crippen LogP contribution < -0.4 is 5.23 Å². The van der Waals surface area contributed by atoms with Crippen LogP contribution in [0.15, 0.2) is 52.9 Å². The predicted octanol–water partition coefficient (Wildman–Crippen LogP) is 1.25. The summed E-state index contributed by atoms with van der Waals surface area (Å²) in [5, 5.41) is 17.5. The Hall–Kier alpha value is -2.59. The van der Waals surface area contributed by atoms with Crippen LogP contribution in [0.3, 0.4) is 0 Å². The van der Waals surface area contributed by atoms with E-state index in [0.717, 1.165) is 27.3 Å². The van der Waals surface area contributed by atoms with Crippen LogP contribution in [0.25, 0.3) is 11.3 Å². The fourth-order valence-corrected chi connectivity index (χ4v) is 2.92. The molecule has 0 bridgehead atoms. The Bertz CT molecular complexity index is 969. The van der Waals surface area contributed by atoms with Crippen molar-refractivity contribution in [3.05, 3.63) is 42.7 Å². The van der Waals surface area contributed by atoms with Crippen molar-refractivity contribution in [2.45, 2.75) is 10.2 Å². The van der Waals surface area contributed by atoms with Gasteiger partial charge in [0.1, 0.15) is 10.8 Å². The average molecular weight is 325 g/mol. The molecule has 0 fully saturated rings. The van der Waals surface area contributed by atoms with Crippen molar-refractivity contribution in [3.63, 3.8) is 0 Å². The van der Waals surface area contributed by atoms with Crippen LogP contribution in [-0.2, 0) is 4.65 Å². The van der Waals surface area contributed by atoms with Crippen LogP contribution in [0, 0.1) is 0 Å². The Labute approximate surface area is 136 Å². The van der Waals surface area contributed by atoms with Gasteiger partial charge in [-0.2, -0.15) is 5.10 Å². The fraction of sp³-hybridized carbons (Fsp3) is 0.0769. The van der Waals surface area contributed by atoms with Crippen LogP contribution in [0.5, 0.6) is 0 Å². The predicted molar refractivity (Wildman–Crippen MR) is 87.9 cm³/mol. The molecule has 4 aromatic rings. The summed E-state index contributed by atoms with van der Waals surface area (Å²) in [4.78, 5) is 4.41. The summed E-state index contributed by atoms with van der Waals surface area (Å²) in [5.74, 6) is 0.717. The third kappa shape index (κ3) is 2.73. The van der Waals surface area contributed by atoms with Gasteiger partial charge >= 0.3 is 7.62 Å². The molecule has 0 aromatic carbocycles. The molecule has 0 spiro atoms. The summed E-state index contributed by atoms with van der Waals surface area (Å²) in [5.41, 5.74) is 1.57. The first kappa shape index (κ1) is 14.0. The molecule has 0 aliphatic rings. The number of pyridine rings is 1. The molecule has 0 radical (unpaired) electrons. The van der Waals surface area contributed by atoms with E-state index in [0.29, 0.717) is 7.62 Å². The number of hydrogen-bond donors (Lipinski definition) is 1. The summed E-state index contributed by atoms with van der Waals surface area (Å²) in [6, 6.07) is 9.62. The topological polar surface area (TPSA) is 81.6 Å². The maximum Gasteiger partial charge on any atom is 0.395 e. The lowest BCUT2D eigenvalue weighted by atomic mass is 10.3. The number of anilines is 1. The van der Waals surface area contributed by atoms with Gasteiger partial charge in [-0.05, 0) is 36.0 Å². The molecule has 10 heteroatoms. The summed E-state index contributed by atoms with van der Waals surface area (Å²) >= 11 is 1.45. The number of nitrogens with one attached hydrogen (secondary N) is 1. The van der Waals surface area contributed by atoms with Crippen LogP contribution in [0.1, 0.15) is 0 Å². The van der Waals surface area contributed by atoms with E-state index in [1.807, 2.05) is 47.1 Å². The number of aromatic nitrogens is 6. The molecule has 4 aromatic heterocycles. The Morgan fingerprint density at radius 1 is 1.17 bits per heavy atom. The highest BCUT2D eigenvalue weighted by atomic mass is 32.2. The molecule has 0 atom stereocenters. The van der Waals surface area contributed by atoms with Crippen molar-refractivity contribution in [2.75, 3.05) is 12.3 Å². The zero-order valence-corrected chi connectivity index (χ0v) is 13.1. The molecule has 4 heterocycles. The molecule has 0 amide bonds. The van der Waals surface area contributed by atoms with Crippen LogP contribution in [0.2, 0.25) is 0 Å². The molecule has 0 aliphatic heterocycles. The van der Waals surface area contributed by atoms with Crippen molar-refractivity contribution < 1.29 is 4.65 Å². The lowest BCUT2D eigenvalue weighted by Gasteiger charge is -1.99. The second kappa shape index (κ2) is 5.90. The smallest absolute Gasteiger partial charge is 0.395 e. The first-order chi connectivity index (χ1) is 11.3.